The van der Waals surface area contributed by atoms with E-state index in [2.05, 4.69) is 4.74 Å². The summed E-state index contributed by atoms with van der Waals surface area (Å²) in [5.74, 6) is -1.96. The predicted octanol–water partition coefficient (Wildman–Crippen LogP) is 4.83. The van der Waals surface area contributed by atoms with Crippen molar-refractivity contribution in [3.8, 4) is 0 Å². The van der Waals surface area contributed by atoms with Crippen LogP contribution in [0.25, 0.3) is 0 Å². The molecule has 1 aliphatic carbocycles. The van der Waals surface area contributed by atoms with E-state index in [1.165, 1.54) is 24.8 Å². The molecule has 2 nitrogen and oxygen atoms in total. The second-order valence-electron chi connectivity index (χ2n) is 6.75. The average molecular weight is 310 g/mol. The van der Waals surface area contributed by atoms with Crippen molar-refractivity contribution in [1.82, 2.24) is 0 Å². The van der Waals surface area contributed by atoms with Gasteiger partial charge in [-0.25, -0.2) is 0 Å². The third-order valence-corrected chi connectivity index (χ3v) is 3.39. The van der Waals surface area contributed by atoms with E-state index in [0.717, 1.165) is 24.2 Å². The highest BCUT2D eigenvalue weighted by molar-refractivity contribution is 5.31. The minimum atomic E-state index is -2.95. The molecule has 0 heterocycles. The van der Waals surface area contributed by atoms with Gasteiger partial charge in [0.05, 0.1) is 0 Å². The Morgan fingerprint density at radius 3 is 2.14 bits per heavy atom. The first-order chi connectivity index (χ1) is 10.2. The molecule has 1 fully saturated rings. The Balaban J connectivity index is 2.09. The number of hydrogen-bond acceptors (Lipinski definition) is 2. The summed E-state index contributed by atoms with van der Waals surface area (Å²) < 4.78 is 38.1. The fourth-order valence-electron chi connectivity index (χ4n) is 2.26. The molecular formula is C18H24F2O2. The van der Waals surface area contributed by atoms with Gasteiger partial charge in [0, 0.05) is 19.1 Å². The van der Waals surface area contributed by atoms with Crippen LogP contribution in [0, 0.1) is 0 Å². The zero-order valence-corrected chi connectivity index (χ0v) is 13.7. The molecule has 0 spiro atoms. The van der Waals surface area contributed by atoms with Gasteiger partial charge in [-0.2, -0.15) is 8.78 Å². The summed E-state index contributed by atoms with van der Waals surface area (Å²) in [5.41, 5.74) is 2.06. The van der Waals surface area contributed by atoms with Gasteiger partial charge < -0.3 is 9.47 Å². The second-order valence-corrected chi connectivity index (χ2v) is 6.75. The van der Waals surface area contributed by atoms with Gasteiger partial charge in [-0.1, -0.05) is 24.3 Å². The highest BCUT2D eigenvalue weighted by atomic mass is 19.3. The van der Waals surface area contributed by atoms with Gasteiger partial charge in [-0.3, -0.25) is 0 Å². The van der Waals surface area contributed by atoms with Crippen molar-refractivity contribution in [3.05, 3.63) is 46.7 Å². The van der Waals surface area contributed by atoms with Crippen LogP contribution >= 0.6 is 0 Å². The van der Waals surface area contributed by atoms with Crippen molar-refractivity contribution < 1.29 is 18.3 Å². The van der Waals surface area contributed by atoms with Crippen LogP contribution in [0.5, 0.6) is 0 Å². The van der Waals surface area contributed by atoms with Crippen LogP contribution in [0.3, 0.4) is 0 Å². The fraction of sp³-hybridized carbons (Fsp3) is 0.556. The van der Waals surface area contributed by atoms with E-state index in [-0.39, 0.29) is 11.2 Å². The lowest BCUT2D eigenvalue weighted by molar-refractivity contribution is -0.0697. The molecule has 0 atom stereocenters. The first-order valence-corrected chi connectivity index (χ1v) is 7.57. The highest BCUT2D eigenvalue weighted by Gasteiger charge is 2.31. The Morgan fingerprint density at radius 2 is 1.68 bits per heavy atom. The molecule has 0 bridgehead atoms. The molecule has 122 valence electrons. The topological polar surface area (TPSA) is 18.5 Å². The van der Waals surface area contributed by atoms with Gasteiger partial charge >= 0.3 is 0 Å². The number of rotatable bonds is 6. The summed E-state index contributed by atoms with van der Waals surface area (Å²) >= 11 is 0. The Morgan fingerprint density at radius 1 is 1.09 bits per heavy atom. The Kier molecular flexibility index (Phi) is 4.90. The van der Waals surface area contributed by atoms with E-state index in [0.29, 0.717) is 6.42 Å². The van der Waals surface area contributed by atoms with E-state index in [9.17, 15) is 8.78 Å². The lowest BCUT2D eigenvalue weighted by Crippen LogP contribution is -2.20. The van der Waals surface area contributed by atoms with Gasteiger partial charge in [-0.15, -0.1) is 0 Å². The molecule has 22 heavy (non-hydrogen) atoms. The molecule has 0 amide bonds. The second kappa shape index (κ2) is 6.37. The minimum Gasteiger partial charge on any atom is -0.492 e. The lowest BCUT2D eigenvalue weighted by atomic mass is 10.0. The first-order valence-electron chi connectivity index (χ1n) is 7.57. The number of allylic oxidation sites excluding steroid dienone is 2. The van der Waals surface area contributed by atoms with E-state index in [1.54, 1.807) is 12.1 Å². The summed E-state index contributed by atoms with van der Waals surface area (Å²) in [4.78, 5) is 0. The molecule has 0 saturated heterocycles. The third kappa shape index (κ3) is 4.80. The maximum absolute atomic E-state index is 13.8. The van der Waals surface area contributed by atoms with Crippen LogP contribution in [0.1, 0.15) is 44.7 Å². The lowest BCUT2D eigenvalue weighted by Gasteiger charge is -2.24. The maximum atomic E-state index is 13.8. The molecule has 1 saturated carbocycles. The van der Waals surface area contributed by atoms with Crippen LogP contribution in [-0.4, -0.2) is 19.3 Å². The van der Waals surface area contributed by atoms with Crippen molar-refractivity contribution in [1.29, 1.82) is 0 Å². The number of ether oxygens (including phenoxy) is 2. The first kappa shape index (κ1) is 16.9. The Labute approximate surface area is 131 Å². The van der Waals surface area contributed by atoms with Crippen LogP contribution in [0.15, 0.2) is 35.6 Å². The molecule has 2 rings (SSSR count). The standard InChI is InChI=1S/C18H24F2O2/c1-17(2,3)22-16(14-7-8-14)11-13-5-9-15(10-6-13)18(19,20)12-21-4/h5-6,9-10H,7-8,11-12H2,1-4H3. The minimum absolute atomic E-state index is 0.0181. The highest BCUT2D eigenvalue weighted by Crippen LogP contribution is 2.36. The van der Waals surface area contributed by atoms with Gasteiger partial charge in [0.15, 0.2) is 0 Å². The van der Waals surface area contributed by atoms with Gasteiger partial charge in [-0.05, 0) is 44.7 Å². The van der Waals surface area contributed by atoms with Crippen molar-refractivity contribution in [2.45, 2.75) is 51.6 Å². The number of benzene rings is 1. The monoisotopic (exact) mass is 310 g/mol. The van der Waals surface area contributed by atoms with Gasteiger partial charge in [0.2, 0.25) is 0 Å². The molecule has 4 heteroatoms. The Bertz CT molecular complexity index is 533. The van der Waals surface area contributed by atoms with Gasteiger partial charge in [0.1, 0.15) is 18.0 Å². The molecule has 1 aliphatic rings. The summed E-state index contributed by atoms with van der Waals surface area (Å²) in [6.07, 6.45) is 2.81. The number of hydrogen-bond donors (Lipinski definition) is 0. The van der Waals surface area contributed by atoms with Crippen LogP contribution < -0.4 is 0 Å². The zero-order chi connectivity index (χ0) is 16.4. The zero-order valence-electron chi connectivity index (χ0n) is 13.7. The van der Waals surface area contributed by atoms with Crippen molar-refractivity contribution in [3.63, 3.8) is 0 Å². The maximum Gasteiger partial charge on any atom is 0.296 e. The summed E-state index contributed by atoms with van der Waals surface area (Å²) in [7, 11) is 1.28. The molecule has 0 unspecified atom stereocenters. The summed E-state index contributed by atoms with van der Waals surface area (Å²) in [6.45, 7) is 5.45. The SMILES string of the molecule is COCC(F)(F)c1ccc(CC(OC(C)(C)C)=C2CC2)cc1. The smallest absolute Gasteiger partial charge is 0.296 e. The average Bonchev–Trinajstić information content (AvgIpc) is 3.21. The van der Waals surface area contributed by atoms with E-state index >= 15 is 0 Å². The van der Waals surface area contributed by atoms with Crippen molar-refractivity contribution in [2.24, 2.45) is 0 Å². The molecule has 1 aromatic rings. The molecular weight excluding hydrogens is 286 g/mol. The molecule has 0 aliphatic heterocycles. The van der Waals surface area contributed by atoms with Crippen LogP contribution in [0.2, 0.25) is 0 Å². The van der Waals surface area contributed by atoms with Crippen molar-refractivity contribution >= 4 is 0 Å². The van der Waals surface area contributed by atoms with Gasteiger partial charge in [0.25, 0.3) is 5.92 Å². The molecule has 1 aromatic carbocycles. The number of halogens is 2. The molecule has 0 N–H and O–H groups in total. The van der Waals surface area contributed by atoms with Crippen LogP contribution in [-0.2, 0) is 21.8 Å². The van der Waals surface area contributed by atoms with E-state index in [1.807, 2.05) is 20.8 Å². The predicted molar refractivity (Wildman–Crippen MR) is 83.0 cm³/mol. The van der Waals surface area contributed by atoms with E-state index in [4.69, 9.17) is 4.74 Å². The molecule has 0 aromatic heterocycles. The number of methoxy groups -OCH3 is 1. The van der Waals surface area contributed by atoms with Crippen molar-refractivity contribution in [2.75, 3.05) is 13.7 Å². The fourth-order valence-corrected chi connectivity index (χ4v) is 2.26. The normalized spacial score (nSPS) is 14.9. The quantitative estimate of drug-likeness (QED) is 0.701. The summed E-state index contributed by atoms with van der Waals surface area (Å²) in [6, 6.07) is 6.43. The molecule has 0 radical (unpaired) electrons. The largest absolute Gasteiger partial charge is 0.492 e. The van der Waals surface area contributed by atoms with E-state index < -0.39 is 12.5 Å². The van der Waals surface area contributed by atoms with Crippen LogP contribution in [0.4, 0.5) is 8.78 Å². The summed E-state index contributed by atoms with van der Waals surface area (Å²) in [5, 5.41) is 0. The number of alkyl halides is 2. The Hall–Kier alpha value is -1.42. The third-order valence-electron chi connectivity index (χ3n) is 3.39.